The zero-order valence-electron chi connectivity index (χ0n) is 26.4. The van der Waals surface area contributed by atoms with E-state index in [1.807, 2.05) is 36.4 Å². The average molecular weight is 700 g/mol. The molecule has 3 rings (SSSR count). The van der Waals surface area contributed by atoms with Crippen molar-refractivity contribution in [2.24, 2.45) is 5.92 Å². The first-order valence-corrected chi connectivity index (χ1v) is 16.2. The van der Waals surface area contributed by atoms with Gasteiger partial charge in [-0.15, -0.1) is 0 Å². The molecule has 11 nitrogen and oxygen atoms in total. The lowest BCUT2D eigenvalue weighted by atomic mass is 10.0. The Kier molecular flexibility index (Phi) is 13.5. The number of nitrogens with one attached hydrogen (secondary N) is 3. The van der Waals surface area contributed by atoms with Crippen molar-refractivity contribution in [3.05, 3.63) is 54.1 Å². The van der Waals surface area contributed by atoms with E-state index >= 15 is 0 Å². The minimum absolute atomic E-state index is 0.305. The SMILES string of the molecule is CC(C)[C@H](NC(=O)[C@@H](C)Oc1ccc(-c2cccc([C@@H](C)O)c2)cc1)C(=O)N[C@@H](C)C(=O)N1CCC[C@@H](C(=O)OCC(Cl)(Cl)Cl)N1. The Morgan fingerprint density at radius 2 is 1.65 bits per heavy atom. The van der Waals surface area contributed by atoms with Gasteiger partial charge in [0, 0.05) is 6.54 Å². The minimum atomic E-state index is -1.76. The molecule has 1 saturated heterocycles. The number of aliphatic hydroxyl groups excluding tert-OH is 1. The fourth-order valence-electron chi connectivity index (χ4n) is 4.73. The molecular formula is C32H41Cl3N4O7. The average Bonchev–Trinajstić information content (AvgIpc) is 3.01. The Balaban J connectivity index is 1.55. The number of carbonyl (C=O) groups excluding carboxylic acids is 4. The zero-order chi connectivity index (χ0) is 34.2. The van der Waals surface area contributed by atoms with Gasteiger partial charge in [-0.2, -0.15) is 0 Å². The molecule has 2 aromatic rings. The Morgan fingerprint density at radius 1 is 0.978 bits per heavy atom. The summed E-state index contributed by atoms with van der Waals surface area (Å²) in [5.74, 6) is -2.03. The smallest absolute Gasteiger partial charge is 0.325 e. The van der Waals surface area contributed by atoms with Crippen LogP contribution in [0.15, 0.2) is 48.5 Å². The van der Waals surface area contributed by atoms with Crippen LogP contribution in [0, 0.1) is 5.92 Å². The summed E-state index contributed by atoms with van der Waals surface area (Å²) in [7, 11) is 0. The van der Waals surface area contributed by atoms with E-state index in [0.717, 1.165) is 16.7 Å². The number of benzene rings is 2. The van der Waals surface area contributed by atoms with Gasteiger partial charge in [0.15, 0.2) is 6.10 Å². The topological polar surface area (TPSA) is 146 Å². The molecule has 14 heteroatoms. The molecule has 1 fully saturated rings. The van der Waals surface area contributed by atoms with Crippen molar-refractivity contribution in [1.82, 2.24) is 21.1 Å². The summed E-state index contributed by atoms with van der Waals surface area (Å²) < 4.78 is 9.10. The Morgan fingerprint density at radius 3 is 2.26 bits per heavy atom. The largest absolute Gasteiger partial charge is 0.481 e. The van der Waals surface area contributed by atoms with E-state index in [1.54, 1.807) is 39.8 Å². The lowest BCUT2D eigenvalue weighted by molar-refractivity contribution is -0.152. The van der Waals surface area contributed by atoms with E-state index in [0.29, 0.717) is 25.1 Å². The number of hydrazine groups is 1. The van der Waals surface area contributed by atoms with Gasteiger partial charge in [-0.05, 0) is 74.4 Å². The van der Waals surface area contributed by atoms with Gasteiger partial charge in [0.2, 0.25) is 9.70 Å². The first-order chi connectivity index (χ1) is 21.6. The van der Waals surface area contributed by atoms with Crippen LogP contribution < -0.4 is 20.8 Å². The van der Waals surface area contributed by atoms with E-state index in [4.69, 9.17) is 44.3 Å². The van der Waals surface area contributed by atoms with Crippen LogP contribution in [0.1, 0.15) is 59.1 Å². The highest BCUT2D eigenvalue weighted by atomic mass is 35.6. The Labute approximate surface area is 284 Å². The number of hydrogen-bond acceptors (Lipinski definition) is 8. The molecule has 0 bridgehead atoms. The van der Waals surface area contributed by atoms with Crippen LogP contribution in [-0.2, 0) is 23.9 Å². The summed E-state index contributed by atoms with van der Waals surface area (Å²) in [5.41, 5.74) is 5.48. The molecule has 0 radical (unpaired) electrons. The molecule has 0 saturated carbocycles. The monoisotopic (exact) mass is 698 g/mol. The van der Waals surface area contributed by atoms with E-state index < -0.39 is 64.4 Å². The number of aliphatic hydroxyl groups is 1. The molecule has 3 amide bonds. The van der Waals surface area contributed by atoms with E-state index in [1.165, 1.54) is 11.9 Å². The van der Waals surface area contributed by atoms with Crippen LogP contribution in [0.3, 0.4) is 0 Å². The van der Waals surface area contributed by atoms with Gasteiger partial charge >= 0.3 is 5.97 Å². The zero-order valence-corrected chi connectivity index (χ0v) is 28.7. The Bertz CT molecular complexity index is 1370. The Hall–Kier alpha value is -3.09. The maximum atomic E-state index is 13.2. The quantitative estimate of drug-likeness (QED) is 0.190. The molecule has 252 valence electrons. The third kappa shape index (κ3) is 11.0. The molecule has 46 heavy (non-hydrogen) atoms. The van der Waals surface area contributed by atoms with Crippen LogP contribution in [-0.4, -0.2) is 75.0 Å². The third-order valence-electron chi connectivity index (χ3n) is 7.33. The number of ether oxygens (including phenoxy) is 2. The number of nitrogens with zero attached hydrogens (tertiary/aromatic N) is 1. The number of esters is 1. The highest BCUT2D eigenvalue weighted by Gasteiger charge is 2.34. The maximum absolute atomic E-state index is 13.2. The van der Waals surface area contributed by atoms with Crippen molar-refractivity contribution in [1.29, 1.82) is 0 Å². The van der Waals surface area contributed by atoms with Crippen LogP contribution in [0.2, 0.25) is 0 Å². The summed E-state index contributed by atoms with van der Waals surface area (Å²) in [5, 5.41) is 16.5. The van der Waals surface area contributed by atoms with Crippen molar-refractivity contribution < 1.29 is 33.8 Å². The van der Waals surface area contributed by atoms with Crippen molar-refractivity contribution in [2.45, 2.75) is 81.6 Å². The number of halogens is 3. The number of hydrogen-bond donors (Lipinski definition) is 4. The standard InChI is InChI=1S/C32H41Cl3N4O7/c1-18(2)27(29(42)36-19(3)30(43)39-15-7-10-26(38-39)31(44)45-17-32(33,34)35)37-28(41)21(5)46-25-13-11-22(12-14-25)24-9-6-8-23(16-24)20(4)40/h6,8-9,11-14,16,18-21,26-27,38,40H,7,10,15,17H2,1-5H3,(H,36,42)(H,37,41)/t19-,20+,21+,26-,27-/m0/s1. The fourth-order valence-corrected chi connectivity index (χ4v) is 4.90. The van der Waals surface area contributed by atoms with Crippen molar-refractivity contribution in [3.8, 4) is 16.9 Å². The molecule has 0 unspecified atom stereocenters. The second-order valence-electron chi connectivity index (χ2n) is 11.6. The van der Waals surface area contributed by atoms with E-state index in [-0.39, 0.29) is 5.92 Å². The first kappa shape index (κ1) is 37.4. The molecule has 1 heterocycles. The van der Waals surface area contributed by atoms with Crippen molar-refractivity contribution in [3.63, 3.8) is 0 Å². The van der Waals surface area contributed by atoms with Gasteiger partial charge in [0.05, 0.1) is 6.10 Å². The van der Waals surface area contributed by atoms with Gasteiger partial charge in [-0.25, -0.2) is 5.43 Å². The maximum Gasteiger partial charge on any atom is 0.325 e. The minimum Gasteiger partial charge on any atom is -0.481 e. The van der Waals surface area contributed by atoms with Crippen molar-refractivity contribution in [2.75, 3.05) is 13.2 Å². The second kappa shape index (κ2) is 16.6. The lowest BCUT2D eigenvalue weighted by Gasteiger charge is -2.34. The number of alkyl halides is 3. The van der Waals surface area contributed by atoms with Gasteiger partial charge in [-0.1, -0.05) is 79.0 Å². The molecule has 0 spiro atoms. The number of rotatable bonds is 12. The second-order valence-corrected chi connectivity index (χ2v) is 14.1. The predicted octanol–water partition coefficient (Wildman–Crippen LogP) is 4.23. The molecule has 0 aliphatic carbocycles. The lowest BCUT2D eigenvalue weighted by Crippen LogP contribution is -2.61. The summed E-state index contributed by atoms with van der Waals surface area (Å²) in [6.45, 7) is 8.21. The summed E-state index contributed by atoms with van der Waals surface area (Å²) >= 11 is 16.9. The highest BCUT2D eigenvalue weighted by molar-refractivity contribution is 6.67. The fraction of sp³-hybridized carbons (Fsp3) is 0.500. The molecule has 0 aromatic heterocycles. The van der Waals surface area contributed by atoms with E-state index in [2.05, 4.69) is 16.1 Å². The van der Waals surface area contributed by atoms with Gasteiger partial charge in [0.25, 0.3) is 11.8 Å². The summed E-state index contributed by atoms with van der Waals surface area (Å²) in [6, 6.07) is 12.0. The van der Waals surface area contributed by atoms with Gasteiger partial charge < -0.3 is 25.2 Å². The third-order valence-corrected chi connectivity index (χ3v) is 7.66. The van der Waals surface area contributed by atoms with Crippen LogP contribution in [0.5, 0.6) is 5.75 Å². The van der Waals surface area contributed by atoms with Crippen LogP contribution >= 0.6 is 34.8 Å². The molecular weight excluding hydrogens is 659 g/mol. The molecule has 1 aliphatic heterocycles. The molecule has 4 N–H and O–H groups in total. The van der Waals surface area contributed by atoms with Crippen molar-refractivity contribution >= 4 is 58.5 Å². The molecule has 2 aromatic carbocycles. The summed E-state index contributed by atoms with van der Waals surface area (Å²) in [4.78, 5) is 51.7. The van der Waals surface area contributed by atoms with Gasteiger partial charge in [0.1, 0.15) is 30.5 Å². The molecule has 5 atom stereocenters. The highest BCUT2D eigenvalue weighted by Crippen LogP contribution is 2.27. The normalized spacial score (nSPS) is 17.8. The number of amides is 3. The van der Waals surface area contributed by atoms with Gasteiger partial charge in [-0.3, -0.25) is 24.2 Å². The van der Waals surface area contributed by atoms with Crippen LogP contribution in [0.25, 0.3) is 11.1 Å². The van der Waals surface area contributed by atoms with Crippen LogP contribution in [0.4, 0.5) is 0 Å². The molecule has 1 aliphatic rings. The first-order valence-electron chi connectivity index (χ1n) is 15.0. The number of carbonyl (C=O) groups is 4. The van der Waals surface area contributed by atoms with E-state index in [9.17, 15) is 24.3 Å². The predicted molar refractivity (Wildman–Crippen MR) is 176 cm³/mol. The summed E-state index contributed by atoms with van der Waals surface area (Å²) in [6.07, 6.45) is -0.587.